The van der Waals surface area contributed by atoms with Gasteiger partial charge in [0.05, 0.1) is 30.6 Å². The molecule has 0 saturated carbocycles. The lowest BCUT2D eigenvalue weighted by atomic mass is 10.0. The molecule has 2 amide bonds. The van der Waals surface area contributed by atoms with Crippen LogP contribution in [0.3, 0.4) is 0 Å². The van der Waals surface area contributed by atoms with Crippen LogP contribution in [0.4, 0.5) is 5.69 Å². The van der Waals surface area contributed by atoms with E-state index in [-0.39, 0.29) is 30.2 Å². The van der Waals surface area contributed by atoms with Gasteiger partial charge in [-0.2, -0.15) is 15.0 Å². The minimum atomic E-state index is -0.291. The number of anilines is 1. The van der Waals surface area contributed by atoms with E-state index in [0.29, 0.717) is 26.2 Å². The third kappa shape index (κ3) is 3.37. The molecule has 1 unspecified atom stereocenters. The summed E-state index contributed by atoms with van der Waals surface area (Å²) >= 11 is 0. The second-order valence-electron chi connectivity index (χ2n) is 7.39. The van der Waals surface area contributed by atoms with E-state index in [0.717, 1.165) is 11.4 Å². The number of likely N-dealkylation sites (tertiary alicyclic amines) is 1. The normalized spacial score (nSPS) is 19.6. The van der Waals surface area contributed by atoms with Gasteiger partial charge in [0.1, 0.15) is 12.2 Å². The Kier molecular flexibility index (Phi) is 4.30. The number of carbonyl (C=O) groups excluding carboxylic acids is 2. The van der Waals surface area contributed by atoms with Crippen molar-refractivity contribution in [2.24, 2.45) is 5.92 Å². The number of hydrogen-bond donors (Lipinski definition) is 0. The number of carbonyl (C=O) groups is 2. The topological polar surface area (TPSA) is 102 Å². The molecule has 4 heterocycles. The number of rotatable bonds is 5. The fraction of sp³-hybridized carbons (Fsp3) is 0.368. The number of amides is 2. The maximum absolute atomic E-state index is 12.8. The smallest absolute Gasteiger partial charge is 0.228 e. The molecule has 0 bridgehead atoms. The number of nitrogens with zero attached hydrogens (tertiary/aromatic N) is 8. The standard InChI is InChI=1S/C19H20N8O2/c28-18-8-14(9-25(18)16-4-2-1-3-5-16)19(29)24-12-17(13-24)26-10-15(22-23-26)11-27-20-6-7-21-27/h1-7,10,14,17H,8-9,11-13H2. The first-order valence-corrected chi connectivity index (χ1v) is 9.56. The van der Waals surface area contributed by atoms with Crippen LogP contribution in [-0.2, 0) is 16.1 Å². The van der Waals surface area contributed by atoms with Gasteiger partial charge in [-0.3, -0.25) is 9.59 Å². The highest BCUT2D eigenvalue weighted by Crippen LogP contribution is 2.29. The van der Waals surface area contributed by atoms with Gasteiger partial charge in [-0.25, -0.2) is 4.68 Å². The third-order valence-corrected chi connectivity index (χ3v) is 5.42. The highest BCUT2D eigenvalue weighted by molar-refractivity contribution is 6.00. The lowest BCUT2D eigenvalue weighted by Gasteiger charge is -2.40. The van der Waals surface area contributed by atoms with Crippen LogP contribution in [0.15, 0.2) is 48.9 Å². The average molecular weight is 392 g/mol. The molecule has 0 spiro atoms. The zero-order valence-electron chi connectivity index (χ0n) is 15.7. The van der Waals surface area contributed by atoms with E-state index in [1.807, 2.05) is 36.5 Å². The summed E-state index contributed by atoms with van der Waals surface area (Å²) in [4.78, 5) is 30.2. The summed E-state index contributed by atoms with van der Waals surface area (Å²) in [7, 11) is 0. The molecule has 0 aliphatic carbocycles. The van der Waals surface area contributed by atoms with Gasteiger partial charge in [-0.05, 0) is 12.1 Å². The van der Waals surface area contributed by atoms with Crippen molar-refractivity contribution in [2.75, 3.05) is 24.5 Å². The van der Waals surface area contributed by atoms with Gasteiger partial charge in [-0.15, -0.1) is 5.10 Å². The maximum atomic E-state index is 12.8. The van der Waals surface area contributed by atoms with Crippen LogP contribution < -0.4 is 4.90 Å². The molecular formula is C19H20N8O2. The van der Waals surface area contributed by atoms with Crippen molar-refractivity contribution < 1.29 is 9.59 Å². The van der Waals surface area contributed by atoms with Gasteiger partial charge in [0.2, 0.25) is 11.8 Å². The van der Waals surface area contributed by atoms with Crippen LogP contribution in [0.1, 0.15) is 18.2 Å². The molecule has 0 N–H and O–H groups in total. The van der Waals surface area contributed by atoms with Crippen molar-refractivity contribution in [1.29, 1.82) is 0 Å². The number of benzene rings is 1. The van der Waals surface area contributed by atoms with Crippen LogP contribution in [0.5, 0.6) is 0 Å². The molecule has 2 fully saturated rings. The molecule has 0 radical (unpaired) electrons. The summed E-state index contributed by atoms with van der Waals surface area (Å²) in [5, 5.41) is 16.4. The predicted molar refractivity (Wildman–Crippen MR) is 102 cm³/mol. The molecule has 2 aromatic heterocycles. The first kappa shape index (κ1) is 17.5. The van der Waals surface area contributed by atoms with Gasteiger partial charge in [0, 0.05) is 31.7 Å². The van der Waals surface area contributed by atoms with Crippen molar-refractivity contribution >= 4 is 17.5 Å². The molecule has 2 aliphatic heterocycles. The molecule has 5 rings (SSSR count). The van der Waals surface area contributed by atoms with Crippen molar-refractivity contribution in [3.63, 3.8) is 0 Å². The van der Waals surface area contributed by atoms with E-state index in [1.165, 1.54) is 0 Å². The molecule has 3 aromatic rings. The predicted octanol–water partition coefficient (Wildman–Crippen LogP) is 0.354. The molecule has 1 aromatic carbocycles. The van der Waals surface area contributed by atoms with E-state index < -0.39 is 0 Å². The van der Waals surface area contributed by atoms with Crippen molar-refractivity contribution in [3.05, 3.63) is 54.6 Å². The molecular weight excluding hydrogens is 372 g/mol. The van der Waals surface area contributed by atoms with Crippen molar-refractivity contribution in [2.45, 2.75) is 19.0 Å². The lowest BCUT2D eigenvalue weighted by molar-refractivity contribution is -0.141. The maximum Gasteiger partial charge on any atom is 0.228 e. The van der Waals surface area contributed by atoms with Crippen molar-refractivity contribution in [1.82, 2.24) is 34.9 Å². The Morgan fingerprint density at radius 1 is 1.07 bits per heavy atom. The Morgan fingerprint density at radius 3 is 2.59 bits per heavy atom. The van der Waals surface area contributed by atoms with Crippen LogP contribution in [-0.4, -0.2) is 66.3 Å². The summed E-state index contributed by atoms with van der Waals surface area (Å²) in [5.74, 6) is -0.255. The van der Waals surface area contributed by atoms with Gasteiger partial charge in [0.25, 0.3) is 0 Å². The minimum Gasteiger partial charge on any atom is -0.338 e. The monoisotopic (exact) mass is 392 g/mol. The number of hydrogen-bond acceptors (Lipinski definition) is 6. The summed E-state index contributed by atoms with van der Waals surface area (Å²) in [6, 6.07) is 9.59. The average Bonchev–Trinajstić information content (AvgIpc) is 3.44. The minimum absolute atomic E-state index is 0.000211. The highest BCUT2D eigenvalue weighted by Gasteiger charge is 2.41. The Hall–Kier alpha value is -3.56. The summed E-state index contributed by atoms with van der Waals surface area (Å²) in [6.07, 6.45) is 5.37. The third-order valence-electron chi connectivity index (χ3n) is 5.42. The Balaban J connectivity index is 1.17. The quantitative estimate of drug-likeness (QED) is 0.621. The Morgan fingerprint density at radius 2 is 1.83 bits per heavy atom. The Bertz CT molecular complexity index is 1010. The van der Waals surface area contributed by atoms with E-state index in [2.05, 4.69) is 20.5 Å². The zero-order chi connectivity index (χ0) is 19.8. The molecule has 10 nitrogen and oxygen atoms in total. The van der Waals surface area contributed by atoms with Crippen LogP contribution in [0, 0.1) is 5.92 Å². The molecule has 1 atom stereocenters. The van der Waals surface area contributed by atoms with Crippen LogP contribution in [0.2, 0.25) is 0 Å². The first-order valence-electron chi connectivity index (χ1n) is 9.56. The molecule has 29 heavy (non-hydrogen) atoms. The second-order valence-corrected chi connectivity index (χ2v) is 7.39. The van der Waals surface area contributed by atoms with Gasteiger partial charge < -0.3 is 9.80 Å². The number of para-hydroxylation sites is 1. The number of aromatic nitrogens is 6. The van der Waals surface area contributed by atoms with Gasteiger partial charge >= 0.3 is 0 Å². The SMILES string of the molecule is O=C(C1CC(=O)N(c2ccccc2)C1)N1CC(n2cc(Cn3nccn3)nn2)C1. The lowest BCUT2D eigenvalue weighted by Crippen LogP contribution is -2.53. The van der Waals surface area contributed by atoms with Gasteiger partial charge in [-0.1, -0.05) is 23.4 Å². The van der Waals surface area contributed by atoms with E-state index in [9.17, 15) is 9.59 Å². The summed E-state index contributed by atoms with van der Waals surface area (Å²) in [6.45, 7) is 2.06. The molecule has 10 heteroatoms. The van der Waals surface area contributed by atoms with E-state index >= 15 is 0 Å². The van der Waals surface area contributed by atoms with Crippen LogP contribution >= 0.6 is 0 Å². The summed E-state index contributed by atoms with van der Waals surface area (Å²) in [5.41, 5.74) is 1.61. The van der Waals surface area contributed by atoms with Crippen LogP contribution in [0.25, 0.3) is 0 Å². The second kappa shape index (κ2) is 7.12. The fourth-order valence-electron chi connectivity index (χ4n) is 3.83. The molecule has 2 saturated heterocycles. The van der Waals surface area contributed by atoms with Gasteiger partial charge in [0.15, 0.2) is 0 Å². The Labute approximate surface area is 166 Å². The fourth-order valence-corrected chi connectivity index (χ4v) is 3.83. The molecule has 2 aliphatic rings. The largest absolute Gasteiger partial charge is 0.338 e. The molecule has 148 valence electrons. The first-order chi connectivity index (χ1) is 14.2. The highest BCUT2D eigenvalue weighted by atomic mass is 16.2. The van der Waals surface area contributed by atoms with Crippen molar-refractivity contribution in [3.8, 4) is 0 Å². The summed E-state index contributed by atoms with van der Waals surface area (Å²) < 4.78 is 1.79. The van der Waals surface area contributed by atoms with E-state index in [1.54, 1.807) is 31.7 Å². The van der Waals surface area contributed by atoms with E-state index in [4.69, 9.17) is 0 Å². The zero-order valence-corrected chi connectivity index (χ0v) is 15.7.